The molecule has 1 atom stereocenters. The van der Waals surface area contributed by atoms with E-state index in [2.05, 4.69) is 44.4 Å². The summed E-state index contributed by atoms with van der Waals surface area (Å²) in [4.78, 5) is 12.4. The monoisotopic (exact) mass is 319 g/mol. The number of likely N-dealkylation sites (tertiary alicyclic amines) is 1. The first-order chi connectivity index (χ1) is 11.3. The third-order valence-electron chi connectivity index (χ3n) is 5.61. The summed E-state index contributed by atoms with van der Waals surface area (Å²) in [5.74, 6) is 1.24. The standard InChI is InChI=1S/C18H33N5/c1-3-22-11-8-19-18(22)16-23-9-5-4-6-17(23)7-10-21-14-12-20(2)13-15-21/h8,11,17H,3-7,9-10,12-16H2,1-2H3. The first kappa shape index (κ1) is 16.9. The molecule has 1 unspecified atom stereocenters. The van der Waals surface area contributed by atoms with Gasteiger partial charge >= 0.3 is 0 Å². The molecule has 3 rings (SSSR count). The van der Waals surface area contributed by atoms with Gasteiger partial charge in [-0.3, -0.25) is 4.90 Å². The molecule has 2 aliphatic heterocycles. The van der Waals surface area contributed by atoms with E-state index in [9.17, 15) is 0 Å². The lowest BCUT2D eigenvalue weighted by Gasteiger charge is -2.38. The van der Waals surface area contributed by atoms with E-state index in [1.807, 2.05) is 6.20 Å². The van der Waals surface area contributed by atoms with E-state index < -0.39 is 0 Å². The summed E-state index contributed by atoms with van der Waals surface area (Å²) >= 11 is 0. The number of hydrogen-bond donors (Lipinski definition) is 0. The van der Waals surface area contributed by atoms with Crippen LogP contribution in [0.15, 0.2) is 12.4 Å². The van der Waals surface area contributed by atoms with Gasteiger partial charge in [0.05, 0.1) is 6.54 Å². The lowest BCUT2D eigenvalue weighted by molar-refractivity contribution is 0.0990. The molecule has 1 aromatic rings. The van der Waals surface area contributed by atoms with Crippen LogP contribution in [0.5, 0.6) is 0 Å². The van der Waals surface area contributed by atoms with Crippen molar-refractivity contribution < 1.29 is 0 Å². The molecule has 0 radical (unpaired) electrons. The molecular formula is C18H33N5. The van der Waals surface area contributed by atoms with Crippen molar-refractivity contribution in [3.63, 3.8) is 0 Å². The molecule has 2 saturated heterocycles. The molecule has 5 nitrogen and oxygen atoms in total. The van der Waals surface area contributed by atoms with Crippen LogP contribution >= 0.6 is 0 Å². The van der Waals surface area contributed by atoms with E-state index in [0.717, 1.165) is 19.1 Å². The third-order valence-corrected chi connectivity index (χ3v) is 5.61. The molecule has 2 fully saturated rings. The van der Waals surface area contributed by atoms with Crippen LogP contribution in [0.4, 0.5) is 0 Å². The summed E-state index contributed by atoms with van der Waals surface area (Å²) < 4.78 is 2.28. The molecule has 0 saturated carbocycles. The molecule has 0 aliphatic carbocycles. The molecule has 0 bridgehead atoms. The van der Waals surface area contributed by atoms with E-state index in [1.54, 1.807) is 0 Å². The molecular weight excluding hydrogens is 286 g/mol. The fraction of sp³-hybridized carbons (Fsp3) is 0.833. The predicted molar refractivity (Wildman–Crippen MR) is 94.5 cm³/mol. The maximum atomic E-state index is 4.58. The van der Waals surface area contributed by atoms with Crippen molar-refractivity contribution in [2.24, 2.45) is 0 Å². The highest BCUT2D eigenvalue weighted by molar-refractivity contribution is 4.94. The summed E-state index contributed by atoms with van der Waals surface area (Å²) in [6.45, 7) is 11.7. The van der Waals surface area contributed by atoms with Gasteiger partial charge in [0.2, 0.25) is 0 Å². The maximum Gasteiger partial charge on any atom is 0.122 e. The van der Waals surface area contributed by atoms with E-state index in [0.29, 0.717) is 0 Å². The second-order valence-corrected chi connectivity index (χ2v) is 7.18. The van der Waals surface area contributed by atoms with Crippen molar-refractivity contribution in [2.75, 3.05) is 46.3 Å². The van der Waals surface area contributed by atoms with Gasteiger partial charge in [0.25, 0.3) is 0 Å². The number of nitrogens with zero attached hydrogens (tertiary/aromatic N) is 5. The average Bonchev–Trinajstić information content (AvgIpc) is 3.03. The fourth-order valence-electron chi connectivity index (χ4n) is 3.96. The van der Waals surface area contributed by atoms with E-state index in [1.165, 1.54) is 70.8 Å². The van der Waals surface area contributed by atoms with Gasteiger partial charge in [0.1, 0.15) is 5.82 Å². The van der Waals surface area contributed by atoms with Gasteiger partial charge in [-0.05, 0) is 46.3 Å². The topological polar surface area (TPSA) is 27.5 Å². The van der Waals surface area contributed by atoms with E-state index in [4.69, 9.17) is 0 Å². The number of piperidine rings is 1. The summed E-state index contributed by atoms with van der Waals surface area (Å²) in [5, 5.41) is 0. The molecule has 1 aromatic heterocycles. The first-order valence-electron chi connectivity index (χ1n) is 9.41. The van der Waals surface area contributed by atoms with E-state index >= 15 is 0 Å². The number of likely N-dealkylation sites (N-methyl/N-ethyl adjacent to an activating group) is 1. The second kappa shape index (κ2) is 8.27. The largest absolute Gasteiger partial charge is 0.334 e. The molecule has 5 heteroatoms. The minimum absolute atomic E-state index is 0.741. The Morgan fingerprint density at radius 3 is 2.74 bits per heavy atom. The number of aromatic nitrogens is 2. The Bertz CT molecular complexity index is 464. The Balaban J connectivity index is 1.52. The van der Waals surface area contributed by atoms with Gasteiger partial charge in [-0.1, -0.05) is 6.42 Å². The zero-order valence-corrected chi connectivity index (χ0v) is 15.0. The Morgan fingerprint density at radius 1 is 1.13 bits per heavy atom. The van der Waals surface area contributed by atoms with Crippen molar-refractivity contribution in [1.29, 1.82) is 0 Å². The van der Waals surface area contributed by atoms with Crippen LogP contribution in [0.2, 0.25) is 0 Å². The first-order valence-corrected chi connectivity index (χ1v) is 9.41. The number of imidazole rings is 1. The Labute approximate surface area is 141 Å². The molecule has 0 N–H and O–H groups in total. The lowest BCUT2D eigenvalue weighted by Crippen LogP contribution is -2.47. The van der Waals surface area contributed by atoms with Gasteiger partial charge < -0.3 is 14.4 Å². The minimum atomic E-state index is 0.741. The second-order valence-electron chi connectivity index (χ2n) is 7.18. The summed E-state index contributed by atoms with van der Waals surface area (Å²) in [6, 6.07) is 0.741. The number of piperazine rings is 1. The van der Waals surface area contributed by atoms with Crippen LogP contribution in [0.1, 0.15) is 38.4 Å². The number of hydrogen-bond acceptors (Lipinski definition) is 4. The number of aryl methyl sites for hydroxylation is 1. The normalized spacial score (nSPS) is 25.0. The zero-order valence-electron chi connectivity index (χ0n) is 15.0. The van der Waals surface area contributed by atoms with Crippen LogP contribution in [-0.2, 0) is 13.1 Å². The van der Waals surface area contributed by atoms with Crippen LogP contribution in [0.25, 0.3) is 0 Å². The molecule has 0 amide bonds. The SMILES string of the molecule is CCn1ccnc1CN1CCCCC1CCN1CCN(C)CC1. The molecule has 23 heavy (non-hydrogen) atoms. The zero-order chi connectivity index (χ0) is 16.1. The molecule has 2 aliphatic rings. The van der Waals surface area contributed by atoms with Gasteiger partial charge in [-0.15, -0.1) is 0 Å². The highest BCUT2D eigenvalue weighted by Crippen LogP contribution is 2.22. The molecule has 0 spiro atoms. The van der Waals surface area contributed by atoms with Crippen molar-refractivity contribution in [3.8, 4) is 0 Å². The summed E-state index contributed by atoms with van der Waals surface area (Å²) in [6.07, 6.45) is 9.47. The van der Waals surface area contributed by atoms with Gasteiger partial charge in [-0.2, -0.15) is 0 Å². The quantitative estimate of drug-likeness (QED) is 0.800. The molecule has 0 aromatic carbocycles. The third kappa shape index (κ3) is 4.55. The van der Waals surface area contributed by atoms with Gasteiger partial charge in [-0.25, -0.2) is 4.98 Å². The smallest absolute Gasteiger partial charge is 0.122 e. The average molecular weight is 319 g/mol. The molecule has 3 heterocycles. The van der Waals surface area contributed by atoms with Gasteiger partial charge in [0, 0.05) is 51.2 Å². The van der Waals surface area contributed by atoms with Crippen LogP contribution in [0.3, 0.4) is 0 Å². The Morgan fingerprint density at radius 2 is 1.96 bits per heavy atom. The van der Waals surface area contributed by atoms with Crippen molar-refractivity contribution in [2.45, 2.75) is 51.7 Å². The fourth-order valence-corrected chi connectivity index (χ4v) is 3.96. The van der Waals surface area contributed by atoms with Crippen LogP contribution in [-0.4, -0.2) is 76.6 Å². The highest BCUT2D eigenvalue weighted by Gasteiger charge is 2.24. The Kier molecular flexibility index (Phi) is 6.08. The minimum Gasteiger partial charge on any atom is -0.334 e. The molecule has 130 valence electrons. The predicted octanol–water partition coefficient (Wildman–Crippen LogP) is 1.90. The summed E-state index contributed by atoms with van der Waals surface area (Å²) in [7, 11) is 2.23. The summed E-state index contributed by atoms with van der Waals surface area (Å²) in [5.41, 5.74) is 0. The Hall–Kier alpha value is -0.910. The van der Waals surface area contributed by atoms with Gasteiger partial charge in [0.15, 0.2) is 0 Å². The van der Waals surface area contributed by atoms with Crippen molar-refractivity contribution >= 4 is 0 Å². The van der Waals surface area contributed by atoms with Crippen LogP contribution in [0, 0.1) is 0 Å². The van der Waals surface area contributed by atoms with Crippen molar-refractivity contribution in [1.82, 2.24) is 24.3 Å². The maximum absolute atomic E-state index is 4.58. The van der Waals surface area contributed by atoms with E-state index in [-0.39, 0.29) is 0 Å². The van der Waals surface area contributed by atoms with Crippen LogP contribution < -0.4 is 0 Å². The van der Waals surface area contributed by atoms with Crippen molar-refractivity contribution in [3.05, 3.63) is 18.2 Å². The lowest BCUT2D eigenvalue weighted by atomic mass is 9.99. The highest BCUT2D eigenvalue weighted by atomic mass is 15.3. The number of rotatable bonds is 6.